The molecule has 1 aromatic heterocycles. The van der Waals surface area contributed by atoms with Crippen molar-refractivity contribution in [2.75, 3.05) is 18.0 Å². The number of benzene rings is 2. The Balaban J connectivity index is 1.64. The summed E-state index contributed by atoms with van der Waals surface area (Å²) in [7, 11) is 0. The zero-order valence-electron chi connectivity index (χ0n) is 17.1. The molecule has 1 fully saturated rings. The fraction of sp³-hybridized carbons (Fsp3) is 0.304. The van der Waals surface area contributed by atoms with Crippen molar-refractivity contribution in [2.24, 2.45) is 0 Å². The first-order chi connectivity index (χ1) is 15.3. The summed E-state index contributed by atoms with van der Waals surface area (Å²) in [4.78, 5) is 11.5. The Hall–Kier alpha value is -3.02. The molecule has 1 aliphatic heterocycles. The molecule has 0 bridgehead atoms. The van der Waals surface area contributed by atoms with E-state index in [2.05, 4.69) is 14.9 Å². The van der Waals surface area contributed by atoms with Crippen molar-refractivity contribution in [1.82, 2.24) is 14.9 Å². The van der Waals surface area contributed by atoms with Gasteiger partial charge in [0, 0.05) is 43.8 Å². The van der Waals surface area contributed by atoms with Gasteiger partial charge in [0.25, 0.3) is 0 Å². The molecule has 1 atom stereocenters. The van der Waals surface area contributed by atoms with Crippen molar-refractivity contribution in [3.63, 3.8) is 0 Å². The Morgan fingerprint density at radius 3 is 2.75 bits per heavy atom. The molecule has 0 aliphatic carbocycles. The molecular formula is C23H21ClF3N5. The summed E-state index contributed by atoms with van der Waals surface area (Å²) in [5.74, 6) is 0.848. The average molecular weight is 460 g/mol. The third-order valence-corrected chi connectivity index (χ3v) is 6.00. The van der Waals surface area contributed by atoms with Crippen LogP contribution in [0.2, 0.25) is 5.02 Å². The summed E-state index contributed by atoms with van der Waals surface area (Å²) in [5, 5.41) is 9.47. The van der Waals surface area contributed by atoms with Crippen molar-refractivity contribution < 1.29 is 13.2 Å². The zero-order chi connectivity index (χ0) is 22.7. The molecule has 9 heteroatoms. The van der Waals surface area contributed by atoms with Gasteiger partial charge in [-0.2, -0.15) is 18.4 Å². The monoisotopic (exact) mass is 459 g/mol. The van der Waals surface area contributed by atoms with Crippen LogP contribution in [0, 0.1) is 11.3 Å². The van der Waals surface area contributed by atoms with Gasteiger partial charge in [-0.05, 0) is 36.2 Å². The zero-order valence-corrected chi connectivity index (χ0v) is 17.9. The van der Waals surface area contributed by atoms with Gasteiger partial charge in [-0.25, -0.2) is 4.98 Å². The number of aromatic nitrogens is 2. The van der Waals surface area contributed by atoms with Gasteiger partial charge in [0.2, 0.25) is 0 Å². The maximum atomic E-state index is 13.6. The molecule has 32 heavy (non-hydrogen) atoms. The number of rotatable bonds is 6. The highest BCUT2D eigenvalue weighted by Crippen LogP contribution is 2.35. The number of hydrogen-bond acceptors (Lipinski definition) is 4. The fourth-order valence-corrected chi connectivity index (χ4v) is 4.35. The van der Waals surface area contributed by atoms with Crippen molar-refractivity contribution in [1.29, 1.82) is 5.26 Å². The Morgan fingerprint density at radius 2 is 2.06 bits per heavy atom. The van der Waals surface area contributed by atoms with Crippen LogP contribution in [0.25, 0.3) is 0 Å². The molecule has 1 aliphatic rings. The van der Waals surface area contributed by atoms with E-state index in [4.69, 9.17) is 11.6 Å². The van der Waals surface area contributed by atoms with E-state index in [1.807, 2.05) is 11.0 Å². The first kappa shape index (κ1) is 22.2. The first-order valence-corrected chi connectivity index (χ1v) is 10.5. The summed E-state index contributed by atoms with van der Waals surface area (Å²) < 4.78 is 40.9. The Kier molecular flexibility index (Phi) is 6.40. The highest BCUT2D eigenvalue weighted by molar-refractivity contribution is 6.32. The summed E-state index contributed by atoms with van der Waals surface area (Å²) in [6.45, 7) is 2.20. The molecule has 2 heterocycles. The summed E-state index contributed by atoms with van der Waals surface area (Å²) >= 11 is 6.26. The quantitative estimate of drug-likeness (QED) is 0.548. The Bertz CT molecular complexity index is 1110. The molecule has 0 radical (unpaired) electrons. The Labute approximate surface area is 189 Å². The van der Waals surface area contributed by atoms with Crippen LogP contribution >= 0.6 is 11.6 Å². The van der Waals surface area contributed by atoms with Crippen LogP contribution in [0.5, 0.6) is 0 Å². The molecule has 0 amide bonds. The number of aromatic amines is 1. The van der Waals surface area contributed by atoms with E-state index in [-0.39, 0.29) is 23.2 Å². The summed E-state index contributed by atoms with van der Waals surface area (Å²) in [6.07, 6.45) is -0.192. The topological polar surface area (TPSA) is 59.0 Å². The second-order valence-electron chi connectivity index (χ2n) is 7.77. The van der Waals surface area contributed by atoms with Crippen LogP contribution in [0.1, 0.15) is 28.9 Å². The number of halogens is 4. The Morgan fingerprint density at radius 1 is 1.25 bits per heavy atom. The number of nitrogens with zero attached hydrogens (tertiary/aromatic N) is 4. The van der Waals surface area contributed by atoms with E-state index in [1.165, 1.54) is 12.1 Å². The largest absolute Gasteiger partial charge is 0.416 e. The summed E-state index contributed by atoms with van der Waals surface area (Å²) in [5.41, 5.74) is 0.577. The highest BCUT2D eigenvalue weighted by atomic mass is 35.5. The third kappa shape index (κ3) is 4.90. The minimum Gasteiger partial charge on any atom is -0.363 e. The highest BCUT2D eigenvalue weighted by Gasteiger charge is 2.35. The number of nitriles is 1. The van der Waals surface area contributed by atoms with Gasteiger partial charge in [-0.15, -0.1) is 0 Å². The lowest BCUT2D eigenvalue weighted by molar-refractivity contribution is -0.138. The van der Waals surface area contributed by atoms with Crippen LogP contribution < -0.4 is 4.90 Å². The predicted octanol–water partition coefficient (Wildman–Crippen LogP) is 5.23. The number of likely N-dealkylation sites (tertiary alicyclic amines) is 1. The molecule has 3 aromatic rings. The molecule has 4 rings (SSSR count). The van der Waals surface area contributed by atoms with E-state index >= 15 is 0 Å². The summed E-state index contributed by atoms with van der Waals surface area (Å²) in [6, 6.07) is 12.7. The van der Waals surface area contributed by atoms with Crippen molar-refractivity contribution in [3.8, 4) is 6.07 Å². The van der Waals surface area contributed by atoms with Gasteiger partial charge in [0.15, 0.2) is 0 Å². The molecule has 1 N–H and O–H groups in total. The minimum atomic E-state index is -4.44. The number of alkyl halides is 3. The van der Waals surface area contributed by atoms with Gasteiger partial charge < -0.3 is 9.88 Å². The van der Waals surface area contributed by atoms with Gasteiger partial charge >= 0.3 is 6.18 Å². The van der Waals surface area contributed by atoms with Crippen molar-refractivity contribution in [2.45, 2.75) is 31.7 Å². The van der Waals surface area contributed by atoms with E-state index < -0.39 is 11.7 Å². The second-order valence-corrected chi connectivity index (χ2v) is 8.18. The lowest BCUT2D eigenvalue weighted by Gasteiger charge is -2.32. The number of imidazole rings is 1. The second kappa shape index (κ2) is 9.23. The molecule has 0 saturated carbocycles. The third-order valence-electron chi connectivity index (χ3n) is 5.68. The standard InChI is InChI=1S/C23H21ClF3N5/c24-21-11-18(6-5-16(21)12-28)32(13-17-3-1-2-4-20(17)23(25,26)27)19-7-10-31(14-19)15-22-29-8-9-30-22/h1-6,8-9,11,19H,7,10,13-15H2,(H,29,30)/t19-/m0/s1. The maximum Gasteiger partial charge on any atom is 0.416 e. The fourth-order valence-electron chi connectivity index (χ4n) is 4.13. The van der Waals surface area contributed by atoms with E-state index in [1.54, 1.807) is 36.7 Å². The molecule has 0 unspecified atom stereocenters. The average Bonchev–Trinajstić information content (AvgIpc) is 3.44. The van der Waals surface area contributed by atoms with Gasteiger partial charge in [-0.1, -0.05) is 29.8 Å². The van der Waals surface area contributed by atoms with E-state index in [0.29, 0.717) is 24.3 Å². The van der Waals surface area contributed by atoms with E-state index in [9.17, 15) is 18.4 Å². The van der Waals surface area contributed by atoms with Gasteiger partial charge in [-0.3, -0.25) is 4.90 Å². The molecule has 0 spiro atoms. The predicted molar refractivity (Wildman–Crippen MR) is 116 cm³/mol. The van der Waals surface area contributed by atoms with Crippen molar-refractivity contribution in [3.05, 3.63) is 82.4 Å². The van der Waals surface area contributed by atoms with Gasteiger partial charge in [0.1, 0.15) is 11.9 Å². The van der Waals surface area contributed by atoms with Crippen LogP contribution in [0.15, 0.2) is 54.9 Å². The van der Waals surface area contributed by atoms with Crippen LogP contribution in [0.4, 0.5) is 18.9 Å². The molecule has 166 valence electrons. The van der Waals surface area contributed by atoms with Crippen LogP contribution in [-0.2, 0) is 19.3 Å². The molecule has 2 aromatic carbocycles. The minimum absolute atomic E-state index is 0.0183. The van der Waals surface area contributed by atoms with Crippen molar-refractivity contribution >= 4 is 17.3 Å². The molecule has 1 saturated heterocycles. The van der Waals surface area contributed by atoms with E-state index in [0.717, 1.165) is 24.9 Å². The smallest absolute Gasteiger partial charge is 0.363 e. The first-order valence-electron chi connectivity index (χ1n) is 10.2. The lowest BCUT2D eigenvalue weighted by Crippen LogP contribution is -2.37. The number of nitrogens with one attached hydrogen (secondary N) is 1. The lowest BCUT2D eigenvalue weighted by atomic mass is 10.0. The normalized spacial score (nSPS) is 16.8. The molecular weight excluding hydrogens is 439 g/mol. The van der Waals surface area contributed by atoms with Crippen LogP contribution in [-0.4, -0.2) is 34.0 Å². The number of hydrogen-bond donors (Lipinski definition) is 1. The number of H-pyrrole nitrogens is 1. The maximum absolute atomic E-state index is 13.6. The van der Waals surface area contributed by atoms with Gasteiger partial charge in [0.05, 0.1) is 22.7 Å². The van der Waals surface area contributed by atoms with Crippen LogP contribution in [0.3, 0.4) is 0 Å². The number of anilines is 1. The SMILES string of the molecule is N#Cc1ccc(N(Cc2ccccc2C(F)(F)F)[C@H]2CCN(Cc3ncc[nH]3)C2)cc1Cl. The molecule has 5 nitrogen and oxygen atoms in total.